The van der Waals surface area contributed by atoms with Crippen LogP contribution in [0.2, 0.25) is 5.02 Å². The molecule has 0 unspecified atom stereocenters. The Balaban J connectivity index is 1.72. The minimum Gasteiger partial charge on any atom is -0.486 e. The summed E-state index contributed by atoms with van der Waals surface area (Å²) in [6, 6.07) is 6.76. The lowest BCUT2D eigenvalue weighted by atomic mass is 10.1. The number of amides is 1. The zero-order valence-corrected chi connectivity index (χ0v) is 13.2. The fourth-order valence-electron chi connectivity index (χ4n) is 2.20. The Morgan fingerprint density at radius 3 is 3.00 bits per heavy atom. The van der Waals surface area contributed by atoms with Crippen molar-refractivity contribution in [2.24, 2.45) is 0 Å². The maximum absolute atomic E-state index is 12.3. The van der Waals surface area contributed by atoms with Gasteiger partial charge >= 0.3 is 0 Å². The van der Waals surface area contributed by atoms with E-state index in [1.54, 1.807) is 37.6 Å². The van der Waals surface area contributed by atoms with Crippen LogP contribution in [0.5, 0.6) is 17.4 Å². The summed E-state index contributed by atoms with van der Waals surface area (Å²) in [5.41, 5.74) is 1.30. The summed E-state index contributed by atoms with van der Waals surface area (Å²) in [4.78, 5) is 16.3. The Morgan fingerprint density at radius 2 is 2.17 bits per heavy atom. The summed E-state index contributed by atoms with van der Waals surface area (Å²) in [6.07, 6.45) is 1.63. The van der Waals surface area contributed by atoms with Crippen LogP contribution >= 0.6 is 11.6 Å². The lowest BCUT2D eigenvalue weighted by molar-refractivity contribution is 0.0949. The van der Waals surface area contributed by atoms with Crippen LogP contribution in [0.3, 0.4) is 0 Å². The normalized spacial score (nSPS) is 12.6. The van der Waals surface area contributed by atoms with E-state index < -0.39 is 0 Å². The van der Waals surface area contributed by atoms with E-state index in [0.29, 0.717) is 47.7 Å². The number of aromatic nitrogens is 1. The molecular formula is C16H15ClN2O4. The molecule has 2 heterocycles. The molecule has 0 saturated heterocycles. The number of nitrogens with one attached hydrogen (secondary N) is 1. The van der Waals surface area contributed by atoms with Gasteiger partial charge in [-0.25, -0.2) is 4.98 Å². The number of rotatable bonds is 4. The molecule has 23 heavy (non-hydrogen) atoms. The Bertz CT molecular complexity index is 736. The van der Waals surface area contributed by atoms with Gasteiger partial charge in [0.05, 0.1) is 12.1 Å². The van der Waals surface area contributed by atoms with Gasteiger partial charge < -0.3 is 19.5 Å². The summed E-state index contributed by atoms with van der Waals surface area (Å²) >= 11 is 6.14. The van der Waals surface area contributed by atoms with Crippen LogP contribution in [0.1, 0.15) is 15.9 Å². The van der Waals surface area contributed by atoms with Gasteiger partial charge in [0.2, 0.25) is 5.88 Å². The summed E-state index contributed by atoms with van der Waals surface area (Å²) in [6.45, 7) is 1.23. The van der Waals surface area contributed by atoms with E-state index in [0.717, 1.165) is 5.56 Å². The van der Waals surface area contributed by atoms with Crippen molar-refractivity contribution >= 4 is 17.5 Å². The first kappa shape index (κ1) is 15.4. The fourth-order valence-corrected chi connectivity index (χ4v) is 2.46. The lowest BCUT2D eigenvalue weighted by Gasteiger charge is -2.20. The van der Waals surface area contributed by atoms with Gasteiger partial charge in [0.1, 0.15) is 13.2 Å². The molecule has 1 amide bonds. The molecule has 1 N–H and O–H groups in total. The number of halogens is 1. The second kappa shape index (κ2) is 6.75. The van der Waals surface area contributed by atoms with Crippen LogP contribution in [0.25, 0.3) is 0 Å². The van der Waals surface area contributed by atoms with Crippen molar-refractivity contribution in [2.75, 3.05) is 20.3 Å². The van der Waals surface area contributed by atoms with Crippen molar-refractivity contribution in [3.8, 4) is 17.4 Å². The van der Waals surface area contributed by atoms with Crippen molar-refractivity contribution in [2.45, 2.75) is 6.54 Å². The standard InChI is InChI=1S/C16H15ClN2O4/c1-21-14-6-10(2-3-18-14)9-19-16(20)11-7-12(17)15-13(8-11)22-4-5-23-15/h2-3,6-8H,4-5,9H2,1H3,(H,19,20). The van der Waals surface area contributed by atoms with Crippen LogP contribution in [0.4, 0.5) is 0 Å². The molecule has 7 heteroatoms. The minimum absolute atomic E-state index is 0.250. The number of nitrogens with zero attached hydrogens (tertiary/aromatic N) is 1. The average Bonchev–Trinajstić information content (AvgIpc) is 2.60. The zero-order chi connectivity index (χ0) is 16.2. The topological polar surface area (TPSA) is 69.7 Å². The van der Waals surface area contributed by atoms with Crippen LogP contribution in [0, 0.1) is 0 Å². The van der Waals surface area contributed by atoms with Crippen LogP contribution < -0.4 is 19.5 Å². The highest BCUT2D eigenvalue weighted by Crippen LogP contribution is 2.38. The molecule has 0 radical (unpaired) electrons. The van der Waals surface area contributed by atoms with Crippen molar-refractivity contribution in [1.82, 2.24) is 10.3 Å². The van der Waals surface area contributed by atoms with Gasteiger partial charge in [-0.3, -0.25) is 4.79 Å². The zero-order valence-electron chi connectivity index (χ0n) is 12.5. The number of hydrogen-bond donors (Lipinski definition) is 1. The molecule has 3 rings (SSSR count). The van der Waals surface area contributed by atoms with Crippen molar-refractivity contribution < 1.29 is 19.0 Å². The van der Waals surface area contributed by atoms with Gasteiger partial charge in [-0.1, -0.05) is 11.6 Å². The van der Waals surface area contributed by atoms with Gasteiger partial charge in [-0.05, 0) is 23.8 Å². The Labute approximate surface area is 138 Å². The maximum Gasteiger partial charge on any atom is 0.251 e. The molecule has 1 aromatic carbocycles. The van der Waals surface area contributed by atoms with Gasteiger partial charge in [-0.2, -0.15) is 0 Å². The van der Waals surface area contributed by atoms with Crippen molar-refractivity contribution in [3.05, 3.63) is 46.6 Å². The fraction of sp³-hybridized carbons (Fsp3) is 0.250. The Hall–Kier alpha value is -2.47. The van der Waals surface area contributed by atoms with E-state index in [-0.39, 0.29) is 5.91 Å². The first-order valence-corrected chi connectivity index (χ1v) is 7.41. The summed E-state index contributed by atoms with van der Waals surface area (Å²) < 4.78 is 16.0. The number of hydrogen-bond acceptors (Lipinski definition) is 5. The van der Waals surface area contributed by atoms with E-state index in [4.69, 9.17) is 25.8 Å². The van der Waals surface area contributed by atoms with E-state index in [9.17, 15) is 4.79 Å². The largest absolute Gasteiger partial charge is 0.486 e. The number of carbonyl (C=O) groups excluding carboxylic acids is 1. The highest BCUT2D eigenvalue weighted by molar-refractivity contribution is 6.32. The molecule has 6 nitrogen and oxygen atoms in total. The quantitative estimate of drug-likeness (QED) is 0.930. The van der Waals surface area contributed by atoms with Crippen LogP contribution in [-0.2, 0) is 6.54 Å². The average molecular weight is 335 g/mol. The van der Waals surface area contributed by atoms with Crippen molar-refractivity contribution in [3.63, 3.8) is 0 Å². The number of ether oxygens (including phenoxy) is 3. The molecule has 0 aliphatic carbocycles. The molecule has 0 bridgehead atoms. The highest BCUT2D eigenvalue weighted by Gasteiger charge is 2.19. The van der Waals surface area contributed by atoms with Gasteiger partial charge in [-0.15, -0.1) is 0 Å². The van der Waals surface area contributed by atoms with E-state index in [2.05, 4.69) is 10.3 Å². The summed E-state index contributed by atoms with van der Waals surface area (Å²) in [5.74, 6) is 1.21. The molecule has 1 aliphatic rings. The SMILES string of the molecule is COc1cc(CNC(=O)c2cc(Cl)c3c(c2)OCCO3)ccn1. The van der Waals surface area contributed by atoms with Crippen molar-refractivity contribution in [1.29, 1.82) is 0 Å². The predicted octanol–water partition coefficient (Wildman–Crippen LogP) is 2.44. The monoisotopic (exact) mass is 334 g/mol. The summed E-state index contributed by atoms with van der Waals surface area (Å²) in [5, 5.41) is 3.18. The smallest absolute Gasteiger partial charge is 0.251 e. The Morgan fingerprint density at radius 1 is 1.35 bits per heavy atom. The molecule has 1 aliphatic heterocycles. The van der Waals surface area contributed by atoms with Gasteiger partial charge in [0.25, 0.3) is 5.91 Å². The maximum atomic E-state index is 12.3. The third-order valence-corrected chi connectivity index (χ3v) is 3.60. The first-order chi connectivity index (χ1) is 11.2. The third-order valence-electron chi connectivity index (χ3n) is 3.32. The second-order valence-corrected chi connectivity index (χ2v) is 5.28. The molecule has 0 spiro atoms. The number of methoxy groups -OCH3 is 1. The van der Waals surface area contributed by atoms with E-state index >= 15 is 0 Å². The molecular weight excluding hydrogens is 320 g/mol. The third kappa shape index (κ3) is 3.48. The number of pyridine rings is 1. The highest BCUT2D eigenvalue weighted by atomic mass is 35.5. The molecule has 0 atom stereocenters. The lowest BCUT2D eigenvalue weighted by Crippen LogP contribution is -2.23. The molecule has 0 saturated carbocycles. The van der Waals surface area contributed by atoms with Crippen LogP contribution in [-0.4, -0.2) is 31.2 Å². The molecule has 2 aromatic rings. The molecule has 1 aromatic heterocycles. The number of fused-ring (bicyclic) bond motifs is 1. The van der Waals surface area contributed by atoms with E-state index in [1.807, 2.05) is 0 Å². The van der Waals surface area contributed by atoms with E-state index in [1.165, 1.54) is 0 Å². The number of benzene rings is 1. The predicted molar refractivity (Wildman–Crippen MR) is 84.4 cm³/mol. The first-order valence-electron chi connectivity index (χ1n) is 7.03. The Kier molecular flexibility index (Phi) is 4.52. The number of carbonyl (C=O) groups is 1. The van der Waals surface area contributed by atoms with Crippen LogP contribution in [0.15, 0.2) is 30.5 Å². The van der Waals surface area contributed by atoms with Gasteiger partial charge in [0.15, 0.2) is 11.5 Å². The molecule has 0 fully saturated rings. The second-order valence-electron chi connectivity index (χ2n) is 4.87. The minimum atomic E-state index is -0.250. The molecule has 120 valence electrons. The summed E-state index contributed by atoms with van der Waals surface area (Å²) in [7, 11) is 1.54. The van der Waals surface area contributed by atoms with Gasteiger partial charge in [0, 0.05) is 24.4 Å².